The molecule has 6 rings (SSSR count). The molecule has 0 bridgehead atoms. The molecule has 2 aromatic heterocycles. The molecule has 0 atom stereocenters. The van der Waals surface area contributed by atoms with Crippen molar-refractivity contribution in [3.05, 3.63) is 58.9 Å². The van der Waals surface area contributed by atoms with Gasteiger partial charge in [0, 0.05) is 54.6 Å². The molecule has 1 saturated heterocycles. The molecule has 1 aromatic carbocycles. The number of benzene rings is 1. The smallest absolute Gasteiger partial charge is 0.335 e. The van der Waals surface area contributed by atoms with E-state index in [0.29, 0.717) is 44.2 Å². The Morgan fingerprint density at radius 2 is 1.86 bits per heavy atom. The predicted octanol–water partition coefficient (Wildman–Crippen LogP) is 4.71. The van der Waals surface area contributed by atoms with Crippen LogP contribution in [0.1, 0.15) is 59.5 Å². The Bertz CT molecular complexity index is 1340. The molecular formula is C28H29N3O4. The largest absolute Gasteiger partial charge is 0.478 e. The van der Waals surface area contributed by atoms with Gasteiger partial charge in [0.25, 0.3) is 5.91 Å². The summed E-state index contributed by atoms with van der Waals surface area (Å²) in [6, 6.07) is 7.42. The Balaban J connectivity index is 1.62. The Morgan fingerprint density at radius 1 is 1.06 bits per heavy atom. The second-order valence-corrected chi connectivity index (χ2v) is 9.77. The number of aromatic nitrogens is 2. The number of aromatic carboxylic acids is 1. The van der Waals surface area contributed by atoms with Crippen LogP contribution in [0, 0.1) is 0 Å². The topological polar surface area (TPSA) is 84.7 Å². The van der Waals surface area contributed by atoms with Gasteiger partial charge in [0.2, 0.25) is 0 Å². The van der Waals surface area contributed by atoms with Gasteiger partial charge in [-0.3, -0.25) is 9.78 Å². The lowest BCUT2D eigenvalue weighted by atomic mass is 9.81. The van der Waals surface area contributed by atoms with E-state index in [1.807, 2.05) is 29.4 Å². The van der Waals surface area contributed by atoms with Crippen molar-refractivity contribution in [3.63, 3.8) is 0 Å². The molecule has 3 aromatic rings. The number of carbonyl (C=O) groups excluding carboxylic acids is 1. The monoisotopic (exact) mass is 471 g/mol. The summed E-state index contributed by atoms with van der Waals surface area (Å²) in [7, 11) is 0. The molecule has 7 heteroatoms. The highest BCUT2D eigenvalue weighted by Gasteiger charge is 2.31. The number of carbonyl (C=O) groups is 2. The molecule has 0 unspecified atom stereocenters. The van der Waals surface area contributed by atoms with Gasteiger partial charge in [-0.2, -0.15) is 0 Å². The van der Waals surface area contributed by atoms with Crippen LogP contribution in [0.4, 0.5) is 0 Å². The van der Waals surface area contributed by atoms with E-state index >= 15 is 0 Å². The highest BCUT2D eigenvalue weighted by Crippen LogP contribution is 2.46. The van der Waals surface area contributed by atoms with Gasteiger partial charge in [-0.15, -0.1) is 0 Å². The summed E-state index contributed by atoms with van der Waals surface area (Å²) in [6.07, 6.45) is 12.0. The summed E-state index contributed by atoms with van der Waals surface area (Å²) < 4.78 is 7.53. The van der Waals surface area contributed by atoms with Gasteiger partial charge < -0.3 is 19.3 Å². The molecule has 0 radical (unpaired) electrons. The summed E-state index contributed by atoms with van der Waals surface area (Å²) in [5.41, 5.74) is 6.21. The van der Waals surface area contributed by atoms with Crippen LogP contribution in [-0.2, 0) is 16.0 Å². The molecule has 180 valence electrons. The van der Waals surface area contributed by atoms with Crippen LogP contribution in [-0.4, -0.2) is 57.7 Å². The third kappa shape index (κ3) is 3.84. The molecule has 1 amide bonds. The average Bonchev–Trinajstić information content (AvgIpc) is 3.11. The van der Waals surface area contributed by atoms with E-state index < -0.39 is 5.97 Å². The lowest BCUT2D eigenvalue weighted by molar-refractivity contribution is -0.131. The van der Waals surface area contributed by atoms with E-state index in [9.17, 15) is 14.7 Å². The number of fused-ring (bicyclic) bond motifs is 5. The van der Waals surface area contributed by atoms with Crippen molar-refractivity contribution in [2.45, 2.75) is 44.4 Å². The van der Waals surface area contributed by atoms with Crippen molar-refractivity contribution in [1.29, 1.82) is 0 Å². The molecule has 3 aliphatic rings. The van der Waals surface area contributed by atoms with E-state index in [1.54, 1.807) is 18.3 Å². The zero-order valence-corrected chi connectivity index (χ0v) is 19.7. The summed E-state index contributed by atoms with van der Waals surface area (Å²) in [4.78, 5) is 31.8. The van der Waals surface area contributed by atoms with Crippen LogP contribution < -0.4 is 0 Å². The van der Waals surface area contributed by atoms with Gasteiger partial charge in [0.15, 0.2) is 0 Å². The Kier molecular flexibility index (Phi) is 5.65. The number of nitrogens with zero attached hydrogens (tertiary/aromatic N) is 3. The Morgan fingerprint density at radius 3 is 2.63 bits per heavy atom. The van der Waals surface area contributed by atoms with Crippen molar-refractivity contribution >= 4 is 29.0 Å². The van der Waals surface area contributed by atoms with E-state index in [-0.39, 0.29) is 11.5 Å². The number of carboxylic acids is 1. The third-order valence-electron chi connectivity index (χ3n) is 7.71. The first-order chi connectivity index (χ1) is 17.1. The fraction of sp³-hybridized carbons (Fsp3) is 0.393. The zero-order chi connectivity index (χ0) is 23.9. The fourth-order valence-electron chi connectivity index (χ4n) is 5.98. The first kappa shape index (κ1) is 22.0. The number of hydrogen-bond acceptors (Lipinski definition) is 4. The number of rotatable bonds is 3. The minimum Gasteiger partial charge on any atom is -0.478 e. The molecule has 1 saturated carbocycles. The van der Waals surface area contributed by atoms with Crippen LogP contribution in [0.3, 0.4) is 0 Å². The van der Waals surface area contributed by atoms with Gasteiger partial charge in [0.05, 0.1) is 30.0 Å². The molecule has 35 heavy (non-hydrogen) atoms. The SMILES string of the molecule is O=C(O)c1ccc2c(C3CCCCC3)c3n(c2c1)C=C(C(=O)N1CCOCC1)Cc1ccncc1-3. The van der Waals surface area contributed by atoms with Crippen molar-refractivity contribution < 1.29 is 19.4 Å². The molecule has 2 fully saturated rings. The van der Waals surface area contributed by atoms with Crippen LogP contribution in [0.5, 0.6) is 0 Å². The van der Waals surface area contributed by atoms with Gasteiger partial charge in [0.1, 0.15) is 0 Å². The Hall–Kier alpha value is -3.45. The van der Waals surface area contributed by atoms with Gasteiger partial charge >= 0.3 is 5.97 Å². The van der Waals surface area contributed by atoms with Crippen molar-refractivity contribution in [1.82, 2.24) is 14.5 Å². The quantitative estimate of drug-likeness (QED) is 0.598. The second-order valence-electron chi connectivity index (χ2n) is 9.77. The molecule has 2 aliphatic heterocycles. The molecule has 4 heterocycles. The van der Waals surface area contributed by atoms with E-state index in [0.717, 1.165) is 40.6 Å². The van der Waals surface area contributed by atoms with Gasteiger partial charge in [-0.1, -0.05) is 25.3 Å². The maximum Gasteiger partial charge on any atom is 0.335 e. The first-order valence-corrected chi connectivity index (χ1v) is 12.5. The number of pyridine rings is 1. The van der Waals surface area contributed by atoms with Crippen LogP contribution in [0.2, 0.25) is 0 Å². The van der Waals surface area contributed by atoms with Crippen LogP contribution >= 0.6 is 0 Å². The molecule has 1 aliphatic carbocycles. The predicted molar refractivity (Wildman–Crippen MR) is 133 cm³/mol. The zero-order valence-electron chi connectivity index (χ0n) is 19.7. The normalized spacial score (nSPS) is 18.5. The maximum atomic E-state index is 13.6. The standard InChI is InChI=1S/C28H29N3O4/c32-27(30-10-12-35-13-11-30)21-14-19-8-9-29-16-23(19)26-25(18-4-2-1-3-5-18)22-7-6-20(28(33)34)15-24(22)31(26)17-21/h6-9,15-18H,1-5,10-14H2,(H,33,34). The highest BCUT2D eigenvalue weighted by atomic mass is 16.5. The minimum atomic E-state index is -0.953. The minimum absolute atomic E-state index is 0.0133. The van der Waals surface area contributed by atoms with E-state index in [2.05, 4.69) is 9.55 Å². The summed E-state index contributed by atoms with van der Waals surface area (Å²) in [5.74, 6) is -0.540. The van der Waals surface area contributed by atoms with Gasteiger partial charge in [-0.25, -0.2) is 4.79 Å². The third-order valence-corrected chi connectivity index (χ3v) is 7.71. The van der Waals surface area contributed by atoms with Gasteiger partial charge in [-0.05, 0) is 48.1 Å². The number of carboxylic acid groups (broad SMARTS) is 1. The molecular weight excluding hydrogens is 442 g/mol. The Labute approximate surface area is 204 Å². The van der Waals surface area contributed by atoms with Crippen molar-refractivity contribution in [2.75, 3.05) is 26.3 Å². The van der Waals surface area contributed by atoms with E-state index in [4.69, 9.17) is 4.74 Å². The number of amides is 1. The average molecular weight is 472 g/mol. The molecule has 0 spiro atoms. The second kappa shape index (κ2) is 8.96. The van der Waals surface area contributed by atoms with Crippen LogP contribution in [0.15, 0.2) is 42.2 Å². The highest BCUT2D eigenvalue weighted by molar-refractivity contribution is 6.03. The molecule has 7 nitrogen and oxygen atoms in total. The summed E-state index contributed by atoms with van der Waals surface area (Å²) >= 11 is 0. The maximum absolute atomic E-state index is 13.6. The summed E-state index contributed by atoms with van der Waals surface area (Å²) in [6.45, 7) is 2.25. The summed E-state index contributed by atoms with van der Waals surface area (Å²) in [5, 5.41) is 10.8. The number of hydrogen-bond donors (Lipinski definition) is 1. The van der Waals surface area contributed by atoms with Crippen molar-refractivity contribution in [3.8, 4) is 11.3 Å². The van der Waals surface area contributed by atoms with E-state index in [1.165, 1.54) is 24.8 Å². The fourth-order valence-corrected chi connectivity index (χ4v) is 5.98. The number of ether oxygens (including phenoxy) is 1. The lowest BCUT2D eigenvalue weighted by Crippen LogP contribution is -2.41. The van der Waals surface area contributed by atoms with Crippen molar-refractivity contribution in [2.24, 2.45) is 0 Å². The van der Waals surface area contributed by atoms with Crippen LogP contribution in [0.25, 0.3) is 28.4 Å². The number of morpholine rings is 1. The lowest BCUT2D eigenvalue weighted by Gasteiger charge is -2.27. The first-order valence-electron chi connectivity index (χ1n) is 12.5. The molecule has 1 N–H and O–H groups in total.